The highest BCUT2D eigenvalue weighted by atomic mass is 32.2. The zero-order valence-corrected chi connectivity index (χ0v) is 20.9. The van der Waals surface area contributed by atoms with E-state index in [0.717, 1.165) is 4.31 Å². The van der Waals surface area contributed by atoms with Gasteiger partial charge in [-0.2, -0.15) is 0 Å². The number of carbonyl (C=O) groups is 1. The van der Waals surface area contributed by atoms with Crippen molar-refractivity contribution in [3.05, 3.63) is 101 Å². The Labute approximate surface area is 209 Å². The molecule has 1 amide bonds. The van der Waals surface area contributed by atoms with E-state index >= 15 is 0 Å². The van der Waals surface area contributed by atoms with Crippen molar-refractivity contribution >= 4 is 27.3 Å². The Hall–Kier alpha value is -4.31. The highest BCUT2D eigenvalue weighted by Gasteiger charge is 2.33. The minimum Gasteiger partial charge on any atom is -0.497 e. The number of anilines is 2. The lowest BCUT2D eigenvalue weighted by molar-refractivity contribution is -0.114. The number of ether oxygens (including phenoxy) is 1. The van der Waals surface area contributed by atoms with Gasteiger partial charge in [-0.1, -0.05) is 36.4 Å². The average molecular weight is 507 g/mol. The SMILES string of the molecule is COc1ccc(NC(=O)CN(c2c(C)n(C)n(-c3ccccc3)c2=O)S(=O)(=O)c2ccccc2)cc1. The van der Waals surface area contributed by atoms with E-state index in [1.807, 2.05) is 6.07 Å². The van der Waals surface area contributed by atoms with E-state index in [4.69, 9.17) is 4.74 Å². The van der Waals surface area contributed by atoms with Gasteiger partial charge in [0, 0.05) is 12.7 Å². The summed E-state index contributed by atoms with van der Waals surface area (Å²) < 4.78 is 36.4. The molecule has 0 bridgehead atoms. The van der Waals surface area contributed by atoms with E-state index in [0.29, 0.717) is 22.8 Å². The van der Waals surface area contributed by atoms with Crippen LogP contribution in [0, 0.1) is 6.92 Å². The lowest BCUT2D eigenvalue weighted by atomic mass is 10.3. The molecule has 36 heavy (non-hydrogen) atoms. The van der Waals surface area contributed by atoms with E-state index in [9.17, 15) is 18.0 Å². The highest BCUT2D eigenvalue weighted by molar-refractivity contribution is 7.92. The molecular weight excluding hydrogens is 480 g/mol. The van der Waals surface area contributed by atoms with E-state index in [2.05, 4.69) is 5.32 Å². The number of amides is 1. The van der Waals surface area contributed by atoms with Gasteiger partial charge in [0.2, 0.25) is 5.91 Å². The molecule has 0 aliphatic carbocycles. The molecule has 0 atom stereocenters. The fraction of sp³-hybridized carbons (Fsp3) is 0.154. The summed E-state index contributed by atoms with van der Waals surface area (Å²) in [5, 5.41) is 2.69. The first-order valence-electron chi connectivity index (χ1n) is 11.1. The molecule has 0 aliphatic rings. The molecule has 1 aromatic heterocycles. The molecule has 0 saturated carbocycles. The Morgan fingerprint density at radius 1 is 0.944 bits per heavy atom. The average Bonchev–Trinajstić information content (AvgIpc) is 3.11. The molecule has 0 saturated heterocycles. The summed E-state index contributed by atoms with van der Waals surface area (Å²) in [6, 6.07) is 23.2. The zero-order chi connectivity index (χ0) is 25.9. The van der Waals surface area contributed by atoms with E-state index in [1.165, 1.54) is 23.9 Å². The monoisotopic (exact) mass is 506 g/mol. The smallest absolute Gasteiger partial charge is 0.296 e. The van der Waals surface area contributed by atoms with Crippen molar-refractivity contribution in [2.45, 2.75) is 11.8 Å². The van der Waals surface area contributed by atoms with Gasteiger partial charge in [-0.05, 0) is 55.5 Å². The minimum atomic E-state index is -4.26. The van der Waals surface area contributed by atoms with E-state index in [1.54, 1.807) is 85.4 Å². The Morgan fingerprint density at radius 2 is 1.53 bits per heavy atom. The van der Waals surface area contributed by atoms with Gasteiger partial charge in [-0.15, -0.1) is 0 Å². The van der Waals surface area contributed by atoms with Crippen molar-refractivity contribution in [1.29, 1.82) is 0 Å². The number of para-hydroxylation sites is 1. The van der Waals surface area contributed by atoms with Crippen LogP contribution in [0.5, 0.6) is 5.75 Å². The molecule has 0 radical (unpaired) electrons. The van der Waals surface area contributed by atoms with Crippen LogP contribution >= 0.6 is 0 Å². The Kier molecular flexibility index (Phi) is 6.98. The molecule has 10 heteroatoms. The van der Waals surface area contributed by atoms with Crippen LogP contribution in [0.1, 0.15) is 5.69 Å². The summed E-state index contributed by atoms with van der Waals surface area (Å²) in [7, 11) is -1.06. The number of aromatic nitrogens is 2. The normalized spacial score (nSPS) is 11.2. The Morgan fingerprint density at radius 3 is 2.11 bits per heavy atom. The molecule has 4 rings (SSSR count). The molecule has 1 heterocycles. The molecule has 0 unspecified atom stereocenters. The summed E-state index contributed by atoms with van der Waals surface area (Å²) in [6.07, 6.45) is 0. The lowest BCUT2D eigenvalue weighted by Gasteiger charge is -2.23. The van der Waals surface area contributed by atoms with Gasteiger partial charge in [-0.25, -0.2) is 17.4 Å². The number of carbonyl (C=O) groups excluding carboxylic acids is 1. The van der Waals surface area contributed by atoms with E-state index < -0.39 is 28.0 Å². The molecule has 9 nitrogen and oxygen atoms in total. The maximum Gasteiger partial charge on any atom is 0.296 e. The second kappa shape index (κ2) is 10.1. The van der Waals surface area contributed by atoms with Crippen LogP contribution in [0.4, 0.5) is 11.4 Å². The Balaban J connectivity index is 1.79. The summed E-state index contributed by atoms with van der Waals surface area (Å²) in [5.41, 5.74) is 0.761. The number of benzene rings is 3. The molecule has 1 N–H and O–H groups in total. The minimum absolute atomic E-state index is 0.0313. The fourth-order valence-corrected chi connectivity index (χ4v) is 5.34. The molecule has 0 fully saturated rings. The van der Waals surface area contributed by atoms with Crippen LogP contribution in [0.25, 0.3) is 5.69 Å². The number of hydrogen-bond donors (Lipinski definition) is 1. The third kappa shape index (κ3) is 4.76. The first-order chi connectivity index (χ1) is 17.2. The number of rotatable bonds is 8. The summed E-state index contributed by atoms with van der Waals surface area (Å²) in [5.74, 6) is 0.0104. The molecular formula is C26H26N4O5S. The third-order valence-electron chi connectivity index (χ3n) is 5.77. The fourth-order valence-electron chi connectivity index (χ4n) is 3.85. The van der Waals surface area contributed by atoms with Crippen molar-refractivity contribution in [2.75, 3.05) is 23.3 Å². The van der Waals surface area contributed by atoms with Crippen LogP contribution < -0.4 is 19.9 Å². The highest BCUT2D eigenvalue weighted by Crippen LogP contribution is 2.25. The lowest BCUT2D eigenvalue weighted by Crippen LogP contribution is -2.41. The van der Waals surface area contributed by atoms with Gasteiger partial charge >= 0.3 is 0 Å². The van der Waals surface area contributed by atoms with Crippen LogP contribution in [0.15, 0.2) is 94.6 Å². The van der Waals surface area contributed by atoms with Crippen molar-refractivity contribution in [1.82, 2.24) is 9.36 Å². The van der Waals surface area contributed by atoms with Crippen LogP contribution in [-0.2, 0) is 21.9 Å². The second-order valence-electron chi connectivity index (χ2n) is 8.01. The number of hydrogen-bond acceptors (Lipinski definition) is 5. The van der Waals surface area contributed by atoms with Gasteiger partial charge in [0.25, 0.3) is 15.6 Å². The third-order valence-corrected chi connectivity index (χ3v) is 7.53. The van der Waals surface area contributed by atoms with Crippen molar-refractivity contribution in [3.8, 4) is 11.4 Å². The molecule has 3 aromatic carbocycles. The summed E-state index contributed by atoms with van der Waals surface area (Å²) >= 11 is 0. The molecule has 186 valence electrons. The van der Waals surface area contributed by atoms with Gasteiger partial charge < -0.3 is 10.1 Å². The van der Waals surface area contributed by atoms with Crippen molar-refractivity contribution in [2.24, 2.45) is 7.05 Å². The van der Waals surface area contributed by atoms with Gasteiger partial charge in [0.05, 0.1) is 23.4 Å². The Bertz CT molecular complexity index is 1530. The molecule has 0 aliphatic heterocycles. The quantitative estimate of drug-likeness (QED) is 0.395. The standard InChI is InChI=1S/C26H26N4O5S/c1-19-25(26(32)30(28(19)2)21-10-6-4-7-11-21)29(36(33,34)23-12-8-5-9-13-23)18-24(31)27-20-14-16-22(35-3)17-15-20/h4-17H,18H2,1-3H3,(H,27,31). The van der Waals surface area contributed by atoms with Crippen molar-refractivity contribution in [3.63, 3.8) is 0 Å². The molecule has 4 aromatic rings. The predicted molar refractivity (Wildman–Crippen MR) is 138 cm³/mol. The number of nitrogens with one attached hydrogen (secondary N) is 1. The maximum atomic E-state index is 13.7. The summed E-state index contributed by atoms with van der Waals surface area (Å²) in [6.45, 7) is 1.04. The zero-order valence-electron chi connectivity index (χ0n) is 20.1. The van der Waals surface area contributed by atoms with Crippen molar-refractivity contribution < 1.29 is 17.9 Å². The van der Waals surface area contributed by atoms with Crippen LogP contribution in [0.3, 0.4) is 0 Å². The predicted octanol–water partition coefficient (Wildman–Crippen LogP) is 3.33. The number of nitrogens with zero attached hydrogens (tertiary/aromatic N) is 3. The van der Waals surface area contributed by atoms with Gasteiger partial charge in [0.1, 0.15) is 18.0 Å². The number of sulfonamides is 1. The van der Waals surface area contributed by atoms with Crippen LogP contribution in [-0.4, -0.2) is 37.3 Å². The van der Waals surface area contributed by atoms with Crippen LogP contribution in [0.2, 0.25) is 0 Å². The largest absolute Gasteiger partial charge is 0.497 e. The first-order valence-corrected chi connectivity index (χ1v) is 12.5. The van der Waals surface area contributed by atoms with Gasteiger partial charge in [0.15, 0.2) is 0 Å². The topological polar surface area (TPSA) is 103 Å². The maximum absolute atomic E-state index is 13.7. The first kappa shape index (κ1) is 24.8. The molecule has 0 spiro atoms. The summed E-state index contributed by atoms with van der Waals surface area (Å²) in [4.78, 5) is 26.6. The second-order valence-corrected chi connectivity index (χ2v) is 9.87. The van der Waals surface area contributed by atoms with Gasteiger partial charge in [-0.3, -0.25) is 14.3 Å². The number of methoxy groups -OCH3 is 1. The van der Waals surface area contributed by atoms with E-state index in [-0.39, 0.29) is 10.6 Å².